The third-order valence-electron chi connectivity index (χ3n) is 2.04. The van der Waals surface area contributed by atoms with Gasteiger partial charge >= 0.3 is 5.97 Å². The smallest absolute Gasteiger partial charge is 0.338 e. The van der Waals surface area contributed by atoms with Gasteiger partial charge < -0.3 is 9.47 Å². The van der Waals surface area contributed by atoms with E-state index in [0.717, 1.165) is 5.57 Å². The molecule has 0 amide bonds. The van der Waals surface area contributed by atoms with Crippen LogP contribution in [0.1, 0.15) is 17.3 Å². The Morgan fingerprint density at radius 1 is 1.31 bits per heavy atom. The lowest BCUT2D eigenvalue weighted by atomic mass is 10.2. The van der Waals surface area contributed by atoms with Gasteiger partial charge in [0.1, 0.15) is 6.61 Å². The van der Waals surface area contributed by atoms with Gasteiger partial charge in [-0.05, 0) is 24.6 Å². The van der Waals surface area contributed by atoms with Gasteiger partial charge in [0.05, 0.1) is 12.2 Å². The van der Waals surface area contributed by atoms with Crippen LogP contribution in [0.15, 0.2) is 42.0 Å². The van der Waals surface area contributed by atoms with E-state index < -0.39 is 0 Å². The van der Waals surface area contributed by atoms with Crippen molar-refractivity contribution < 1.29 is 14.3 Å². The maximum atomic E-state index is 11.5. The maximum Gasteiger partial charge on any atom is 0.338 e. The molecule has 16 heavy (non-hydrogen) atoms. The summed E-state index contributed by atoms with van der Waals surface area (Å²) in [6.07, 6.45) is 1.89. The van der Waals surface area contributed by atoms with E-state index in [1.54, 1.807) is 19.2 Å². The van der Waals surface area contributed by atoms with Crippen LogP contribution < -0.4 is 0 Å². The first-order valence-corrected chi connectivity index (χ1v) is 5.11. The van der Waals surface area contributed by atoms with Crippen molar-refractivity contribution >= 4 is 5.97 Å². The Bertz CT molecular complexity index is 355. The second-order valence-corrected chi connectivity index (χ2v) is 3.45. The first-order chi connectivity index (χ1) is 7.74. The summed E-state index contributed by atoms with van der Waals surface area (Å²) < 4.78 is 10.0. The van der Waals surface area contributed by atoms with Crippen molar-refractivity contribution in [2.24, 2.45) is 0 Å². The monoisotopic (exact) mass is 220 g/mol. The highest BCUT2D eigenvalue weighted by atomic mass is 16.5. The average Bonchev–Trinajstić information content (AvgIpc) is 2.34. The first kappa shape index (κ1) is 12.5. The van der Waals surface area contributed by atoms with Crippen LogP contribution in [0.3, 0.4) is 0 Å². The largest absolute Gasteiger partial charge is 0.458 e. The summed E-state index contributed by atoms with van der Waals surface area (Å²) in [4.78, 5) is 11.5. The molecule has 0 aliphatic rings. The van der Waals surface area contributed by atoms with Gasteiger partial charge in [-0.1, -0.05) is 24.3 Å². The highest BCUT2D eigenvalue weighted by molar-refractivity contribution is 5.89. The lowest BCUT2D eigenvalue weighted by Crippen LogP contribution is -2.07. The Kier molecular flexibility index (Phi) is 5.29. The molecular formula is C13H16O3. The third kappa shape index (κ3) is 4.28. The molecular weight excluding hydrogens is 204 g/mol. The minimum atomic E-state index is -0.300. The van der Waals surface area contributed by atoms with Crippen LogP contribution in [-0.2, 0) is 9.47 Å². The lowest BCUT2D eigenvalue weighted by molar-refractivity contribution is 0.0539. The third-order valence-corrected chi connectivity index (χ3v) is 2.04. The van der Waals surface area contributed by atoms with Crippen molar-refractivity contribution in [1.82, 2.24) is 0 Å². The number of rotatable bonds is 5. The molecule has 0 saturated carbocycles. The van der Waals surface area contributed by atoms with Crippen molar-refractivity contribution in [1.29, 1.82) is 0 Å². The summed E-state index contributed by atoms with van der Waals surface area (Å²) in [6, 6.07) is 8.95. The molecule has 0 aromatic heterocycles. The van der Waals surface area contributed by atoms with Gasteiger partial charge in [-0.15, -0.1) is 0 Å². The highest BCUT2D eigenvalue weighted by Gasteiger charge is 2.05. The number of benzene rings is 1. The normalized spacial score (nSPS) is 11.2. The molecule has 86 valence electrons. The summed E-state index contributed by atoms with van der Waals surface area (Å²) in [5.41, 5.74) is 1.55. The van der Waals surface area contributed by atoms with E-state index in [1.165, 1.54) is 0 Å². The van der Waals surface area contributed by atoms with Crippen molar-refractivity contribution in [3.05, 3.63) is 47.5 Å². The topological polar surface area (TPSA) is 35.5 Å². The molecule has 3 nitrogen and oxygen atoms in total. The minimum Gasteiger partial charge on any atom is -0.458 e. The fraction of sp³-hybridized carbons (Fsp3) is 0.308. The standard InChI is InChI=1S/C13H16O3/c1-11(8-9-15-2)10-16-13(14)12-6-4-3-5-7-12/h3-8H,9-10H2,1-2H3. The summed E-state index contributed by atoms with van der Waals surface area (Å²) in [6.45, 7) is 2.74. The molecule has 0 N–H and O–H groups in total. The number of carbonyl (C=O) groups is 1. The minimum absolute atomic E-state index is 0.300. The summed E-state index contributed by atoms with van der Waals surface area (Å²) in [5, 5.41) is 0. The molecule has 0 unspecified atom stereocenters. The molecule has 3 heteroatoms. The zero-order chi connectivity index (χ0) is 11.8. The van der Waals surface area contributed by atoms with E-state index >= 15 is 0 Å². The summed E-state index contributed by atoms with van der Waals surface area (Å²) in [5.74, 6) is -0.300. The molecule has 0 spiro atoms. The Morgan fingerprint density at radius 3 is 2.62 bits per heavy atom. The van der Waals surface area contributed by atoms with E-state index in [-0.39, 0.29) is 5.97 Å². The van der Waals surface area contributed by atoms with Crippen molar-refractivity contribution in [2.75, 3.05) is 20.3 Å². The second-order valence-electron chi connectivity index (χ2n) is 3.45. The Hall–Kier alpha value is -1.61. The van der Waals surface area contributed by atoms with Crippen LogP contribution in [0.2, 0.25) is 0 Å². The molecule has 1 aromatic carbocycles. The zero-order valence-electron chi connectivity index (χ0n) is 9.60. The van der Waals surface area contributed by atoms with Crippen LogP contribution in [0.25, 0.3) is 0 Å². The first-order valence-electron chi connectivity index (χ1n) is 5.11. The van der Waals surface area contributed by atoms with Crippen molar-refractivity contribution in [2.45, 2.75) is 6.92 Å². The van der Waals surface area contributed by atoms with Crippen molar-refractivity contribution in [3.8, 4) is 0 Å². The average molecular weight is 220 g/mol. The number of hydrogen-bond donors (Lipinski definition) is 0. The molecule has 0 radical (unpaired) electrons. The predicted octanol–water partition coefficient (Wildman–Crippen LogP) is 2.44. The van der Waals surface area contributed by atoms with Crippen LogP contribution in [0.5, 0.6) is 0 Å². The van der Waals surface area contributed by atoms with E-state index in [0.29, 0.717) is 18.8 Å². The SMILES string of the molecule is COCC=C(C)COC(=O)c1ccccc1. The van der Waals surface area contributed by atoms with Crippen LogP contribution in [0, 0.1) is 0 Å². The summed E-state index contributed by atoms with van der Waals surface area (Å²) >= 11 is 0. The highest BCUT2D eigenvalue weighted by Crippen LogP contribution is 2.03. The van der Waals surface area contributed by atoms with E-state index in [9.17, 15) is 4.79 Å². The Morgan fingerprint density at radius 2 is 2.00 bits per heavy atom. The fourth-order valence-corrected chi connectivity index (χ4v) is 1.12. The number of hydrogen-bond acceptors (Lipinski definition) is 3. The molecule has 0 heterocycles. The molecule has 1 aromatic rings. The van der Waals surface area contributed by atoms with E-state index in [2.05, 4.69) is 0 Å². The van der Waals surface area contributed by atoms with Crippen LogP contribution >= 0.6 is 0 Å². The van der Waals surface area contributed by atoms with E-state index in [4.69, 9.17) is 9.47 Å². The number of ether oxygens (including phenoxy) is 2. The maximum absolute atomic E-state index is 11.5. The second kappa shape index (κ2) is 6.80. The number of carbonyl (C=O) groups excluding carboxylic acids is 1. The molecule has 0 aliphatic carbocycles. The summed E-state index contributed by atoms with van der Waals surface area (Å²) in [7, 11) is 1.62. The lowest BCUT2D eigenvalue weighted by Gasteiger charge is -2.04. The quantitative estimate of drug-likeness (QED) is 0.564. The van der Waals surface area contributed by atoms with Gasteiger partial charge in [0.25, 0.3) is 0 Å². The number of esters is 1. The van der Waals surface area contributed by atoms with Gasteiger partial charge in [-0.2, -0.15) is 0 Å². The van der Waals surface area contributed by atoms with E-state index in [1.807, 2.05) is 31.2 Å². The van der Waals surface area contributed by atoms with Gasteiger partial charge in [-0.3, -0.25) is 0 Å². The van der Waals surface area contributed by atoms with Gasteiger partial charge in [0.15, 0.2) is 0 Å². The Labute approximate surface area is 95.7 Å². The van der Waals surface area contributed by atoms with Crippen LogP contribution in [0.4, 0.5) is 0 Å². The zero-order valence-corrected chi connectivity index (χ0v) is 9.60. The predicted molar refractivity (Wildman–Crippen MR) is 62.4 cm³/mol. The Balaban J connectivity index is 2.42. The molecule has 0 atom stereocenters. The molecule has 1 rings (SSSR count). The molecule has 0 fully saturated rings. The van der Waals surface area contributed by atoms with Gasteiger partial charge in [0.2, 0.25) is 0 Å². The van der Waals surface area contributed by atoms with Gasteiger partial charge in [0, 0.05) is 7.11 Å². The molecule has 0 saturated heterocycles. The van der Waals surface area contributed by atoms with Crippen molar-refractivity contribution in [3.63, 3.8) is 0 Å². The molecule has 0 bridgehead atoms. The molecule has 0 aliphatic heterocycles. The van der Waals surface area contributed by atoms with Crippen LogP contribution in [-0.4, -0.2) is 26.3 Å². The number of methoxy groups -OCH3 is 1. The fourth-order valence-electron chi connectivity index (χ4n) is 1.12. The van der Waals surface area contributed by atoms with Gasteiger partial charge in [-0.25, -0.2) is 4.79 Å².